The zero-order valence-corrected chi connectivity index (χ0v) is 9.08. The zero-order valence-electron chi connectivity index (χ0n) is 6.92. The molecule has 0 aliphatic heterocycles. The van der Waals surface area contributed by atoms with Crippen LogP contribution in [0, 0.1) is 0 Å². The van der Waals surface area contributed by atoms with Crippen LogP contribution in [0.2, 0.25) is 0 Å². The Labute approximate surface area is 86.1 Å². The minimum Gasteiger partial charge on any atom is -0.480 e. The molecule has 0 aromatic heterocycles. The van der Waals surface area contributed by atoms with Gasteiger partial charge in [0.05, 0.1) is 6.54 Å². The van der Waals surface area contributed by atoms with E-state index >= 15 is 0 Å². The Morgan fingerprint density at radius 2 is 2.00 bits per heavy atom. The molecule has 0 atom stereocenters. The van der Waals surface area contributed by atoms with E-state index in [0.717, 1.165) is 16.8 Å². The summed E-state index contributed by atoms with van der Waals surface area (Å²) >= 11 is 2.46. The zero-order chi connectivity index (χ0) is 8.97. The number of alkyl halides is 1. The summed E-state index contributed by atoms with van der Waals surface area (Å²) in [6, 6.07) is 0.437. The Bertz CT molecular complexity index is 155. The van der Waals surface area contributed by atoms with Gasteiger partial charge in [0.2, 0.25) is 0 Å². The summed E-state index contributed by atoms with van der Waals surface area (Å²) in [5, 5.41) is 11.5. The van der Waals surface area contributed by atoms with Crippen molar-refractivity contribution >= 4 is 28.6 Å². The van der Waals surface area contributed by atoms with Gasteiger partial charge in [0.25, 0.3) is 0 Å². The van der Waals surface area contributed by atoms with Crippen LogP contribution in [-0.4, -0.2) is 27.6 Å². The molecule has 0 amide bonds. The van der Waals surface area contributed by atoms with E-state index in [-0.39, 0.29) is 6.54 Å². The predicted octanol–water partition coefficient (Wildman–Crippen LogP) is 1.41. The molecule has 1 rings (SSSR count). The van der Waals surface area contributed by atoms with Crippen molar-refractivity contribution in [2.24, 2.45) is 0 Å². The first-order valence-electron chi connectivity index (χ1n) is 4.27. The lowest BCUT2D eigenvalue weighted by Crippen LogP contribution is -2.36. The number of carboxylic acid groups (broad SMARTS) is 1. The van der Waals surface area contributed by atoms with Gasteiger partial charge in [-0.15, -0.1) is 0 Å². The van der Waals surface area contributed by atoms with E-state index in [2.05, 4.69) is 27.9 Å². The highest BCUT2D eigenvalue weighted by atomic mass is 127. The van der Waals surface area contributed by atoms with Crippen molar-refractivity contribution in [2.75, 3.05) is 6.54 Å². The molecule has 0 spiro atoms. The smallest absolute Gasteiger partial charge is 0.317 e. The summed E-state index contributed by atoms with van der Waals surface area (Å²) in [6.45, 7) is 0.108. The first kappa shape index (κ1) is 10.2. The van der Waals surface area contributed by atoms with Crippen molar-refractivity contribution < 1.29 is 9.90 Å². The molecule has 4 heteroatoms. The molecule has 0 aromatic carbocycles. The number of aliphatic carboxylic acids is 1. The Hall–Kier alpha value is 0.160. The van der Waals surface area contributed by atoms with Gasteiger partial charge in [0.15, 0.2) is 0 Å². The van der Waals surface area contributed by atoms with Crippen LogP contribution in [0.25, 0.3) is 0 Å². The van der Waals surface area contributed by atoms with Gasteiger partial charge >= 0.3 is 5.97 Å². The third kappa shape index (κ3) is 3.71. The Balaban J connectivity index is 2.13. The van der Waals surface area contributed by atoms with Gasteiger partial charge in [-0.1, -0.05) is 22.6 Å². The molecular weight excluding hydrogens is 269 g/mol. The Kier molecular flexibility index (Phi) is 4.28. The Morgan fingerprint density at radius 1 is 1.42 bits per heavy atom. The van der Waals surface area contributed by atoms with Crippen LogP contribution < -0.4 is 5.32 Å². The summed E-state index contributed by atoms with van der Waals surface area (Å²) in [5.74, 6) is -0.758. The van der Waals surface area contributed by atoms with Crippen molar-refractivity contribution in [3.63, 3.8) is 0 Å². The fraction of sp³-hybridized carbons (Fsp3) is 0.875. The maximum absolute atomic E-state index is 10.2. The van der Waals surface area contributed by atoms with Crippen LogP contribution in [-0.2, 0) is 4.79 Å². The van der Waals surface area contributed by atoms with E-state index in [1.54, 1.807) is 0 Å². The number of halogens is 1. The van der Waals surface area contributed by atoms with E-state index in [9.17, 15) is 4.79 Å². The number of carbonyl (C=O) groups is 1. The summed E-state index contributed by atoms with van der Waals surface area (Å²) < 4.78 is 0.797. The maximum Gasteiger partial charge on any atom is 0.317 e. The van der Waals surface area contributed by atoms with Crippen molar-refractivity contribution in [2.45, 2.75) is 35.6 Å². The first-order valence-corrected chi connectivity index (χ1v) is 5.52. The van der Waals surface area contributed by atoms with Gasteiger partial charge < -0.3 is 10.4 Å². The molecule has 3 nitrogen and oxygen atoms in total. The highest BCUT2D eigenvalue weighted by Crippen LogP contribution is 2.24. The molecule has 0 unspecified atom stereocenters. The minimum atomic E-state index is -0.758. The van der Waals surface area contributed by atoms with Crippen molar-refractivity contribution in [3.8, 4) is 0 Å². The quantitative estimate of drug-likeness (QED) is 0.608. The number of hydrogen-bond donors (Lipinski definition) is 2. The van der Waals surface area contributed by atoms with Crippen LogP contribution in [0.4, 0.5) is 0 Å². The molecule has 1 aliphatic rings. The third-order valence-electron chi connectivity index (χ3n) is 2.20. The lowest BCUT2D eigenvalue weighted by atomic mass is 9.95. The molecule has 0 heterocycles. The fourth-order valence-corrected chi connectivity index (χ4v) is 2.21. The van der Waals surface area contributed by atoms with E-state index < -0.39 is 5.97 Å². The largest absolute Gasteiger partial charge is 0.480 e. The van der Waals surface area contributed by atoms with Gasteiger partial charge in [-0.2, -0.15) is 0 Å². The van der Waals surface area contributed by atoms with Gasteiger partial charge in [0, 0.05) is 9.97 Å². The summed E-state index contributed by atoms with van der Waals surface area (Å²) in [4.78, 5) is 10.2. The molecule has 1 aliphatic carbocycles. The first-order chi connectivity index (χ1) is 5.68. The van der Waals surface area contributed by atoms with Crippen LogP contribution in [0.5, 0.6) is 0 Å². The second-order valence-electron chi connectivity index (χ2n) is 3.22. The monoisotopic (exact) mass is 283 g/mol. The second kappa shape index (κ2) is 5.01. The molecule has 0 radical (unpaired) electrons. The van der Waals surface area contributed by atoms with Gasteiger partial charge in [-0.25, -0.2) is 0 Å². The van der Waals surface area contributed by atoms with Gasteiger partial charge in [0.1, 0.15) is 0 Å². The molecule has 70 valence electrons. The maximum atomic E-state index is 10.2. The molecule has 1 saturated carbocycles. The molecule has 0 aromatic rings. The Morgan fingerprint density at radius 3 is 2.50 bits per heavy atom. The average Bonchev–Trinajstić information content (AvgIpc) is 2.03. The van der Waals surface area contributed by atoms with Crippen molar-refractivity contribution in [3.05, 3.63) is 0 Å². The topological polar surface area (TPSA) is 49.3 Å². The van der Waals surface area contributed by atoms with E-state index in [0.29, 0.717) is 6.04 Å². The van der Waals surface area contributed by atoms with Crippen molar-refractivity contribution in [1.82, 2.24) is 5.32 Å². The SMILES string of the molecule is O=C(O)CNC1CCC(I)CC1. The second-order valence-corrected chi connectivity index (χ2v) is 4.99. The van der Waals surface area contributed by atoms with Gasteiger partial charge in [-0.05, 0) is 25.7 Å². The molecule has 0 saturated heterocycles. The van der Waals surface area contributed by atoms with Gasteiger partial charge in [-0.3, -0.25) is 4.79 Å². The van der Waals surface area contributed by atoms with E-state index in [1.165, 1.54) is 12.8 Å². The number of rotatable bonds is 3. The highest BCUT2D eigenvalue weighted by molar-refractivity contribution is 14.1. The summed E-state index contributed by atoms with van der Waals surface area (Å²) in [6.07, 6.45) is 4.69. The molecule has 0 bridgehead atoms. The normalized spacial score (nSPS) is 30.1. The molecular formula is C8H14INO2. The summed E-state index contributed by atoms with van der Waals surface area (Å²) in [5.41, 5.74) is 0. The lowest BCUT2D eigenvalue weighted by Gasteiger charge is -2.25. The fourth-order valence-electron chi connectivity index (χ4n) is 1.49. The van der Waals surface area contributed by atoms with E-state index in [1.807, 2.05) is 0 Å². The molecule has 1 fully saturated rings. The highest BCUT2D eigenvalue weighted by Gasteiger charge is 2.18. The average molecular weight is 283 g/mol. The van der Waals surface area contributed by atoms with Crippen LogP contribution in [0.3, 0.4) is 0 Å². The standard InChI is InChI=1S/C8H14INO2/c9-6-1-3-7(4-2-6)10-5-8(11)12/h6-7,10H,1-5H2,(H,11,12). The minimum absolute atomic E-state index is 0.108. The third-order valence-corrected chi connectivity index (χ3v) is 3.44. The molecule has 12 heavy (non-hydrogen) atoms. The molecule has 2 N–H and O–H groups in total. The lowest BCUT2D eigenvalue weighted by molar-refractivity contribution is -0.136. The number of carboxylic acids is 1. The van der Waals surface area contributed by atoms with Crippen LogP contribution in [0.15, 0.2) is 0 Å². The number of nitrogens with one attached hydrogen (secondary N) is 1. The van der Waals surface area contributed by atoms with Crippen LogP contribution >= 0.6 is 22.6 Å². The van der Waals surface area contributed by atoms with Crippen molar-refractivity contribution in [1.29, 1.82) is 0 Å². The summed E-state index contributed by atoms with van der Waals surface area (Å²) in [7, 11) is 0. The van der Waals surface area contributed by atoms with E-state index in [4.69, 9.17) is 5.11 Å². The predicted molar refractivity (Wildman–Crippen MR) is 55.7 cm³/mol. The number of hydrogen-bond acceptors (Lipinski definition) is 2. The van der Waals surface area contributed by atoms with Crippen LogP contribution in [0.1, 0.15) is 25.7 Å².